The van der Waals surface area contributed by atoms with Gasteiger partial charge in [-0.05, 0) is 41.0 Å². The average Bonchev–Trinajstić information content (AvgIpc) is 2.48. The van der Waals surface area contributed by atoms with Crippen molar-refractivity contribution in [2.75, 3.05) is 19.6 Å². The Morgan fingerprint density at radius 2 is 2.33 bits per heavy atom. The highest BCUT2D eigenvalue weighted by Gasteiger charge is 2.23. The molecule has 15 heavy (non-hydrogen) atoms. The Kier molecular flexibility index (Phi) is 4.20. The molecule has 4 heteroatoms. The fourth-order valence-electron chi connectivity index (χ4n) is 1.85. The first-order chi connectivity index (χ1) is 7.29. The number of nitrogens with zero attached hydrogens (tertiary/aromatic N) is 1. The maximum Gasteiger partial charge on any atom is 0.0701 e. The van der Waals surface area contributed by atoms with Gasteiger partial charge in [0, 0.05) is 30.6 Å². The topological polar surface area (TPSA) is 15.3 Å². The molecule has 1 aliphatic heterocycles. The van der Waals surface area contributed by atoms with E-state index in [9.17, 15) is 0 Å². The van der Waals surface area contributed by atoms with Gasteiger partial charge < -0.3 is 5.32 Å². The van der Waals surface area contributed by atoms with Crippen molar-refractivity contribution in [1.82, 2.24) is 10.2 Å². The van der Waals surface area contributed by atoms with Crippen molar-refractivity contribution in [3.05, 3.63) is 20.8 Å². The monoisotopic (exact) mass is 288 g/mol. The molecule has 0 bridgehead atoms. The molecular weight excluding hydrogens is 272 g/mol. The molecule has 84 valence electrons. The summed E-state index contributed by atoms with van der Waals surface area (Å²) in [5, 5.41) is 3.34. The zero-order chi connectivity index (χ0) is 10.7. The summed E-state index contributed by atoms with van der Waals surface area (Å²) >= 11 is 5.37. The molecule has 1 aromatic heterocycles. The van der Waals surface area contributed by atoms with Crippen molar-refractivity contribution in [2.24, 2.45) is 0 Å². The van der Waals surface area contributed by atoms with Gasteiger partial charge in [0.25, 0.3) is 0 Å². The molecule has 1 aliphatic rings. The van der Waals surface area contributed by atoms with Crippen LogP contribution in [0.15, 0.2) is 15.9 Å². The van der Waals surface area contributed by atoms with Gasteiger partial charge in [-0.3, -0.25) is 4.90 Å². The van der Waals surface area contributed by atoms with Crippen LogP contribution in [0.3, 0.4) is 0 Å². The fraction of sp³-hybridized carbons (Fsp3) is 0.636. The molecule has 0 amide bonds. The van der Waals surface area contributed by atoms with E-state index in [1.807, 2.05) is 11.3 Å². The summed E-state index contributed by atoms with van der Waals surface area (Å²) < 4.78 is 1.24. The van der Waals surface area contributed by atoms with Crippen LogP contribution in [0.25, 0.3) is 0 Å². The number of thiophene rings is 1. The van der Waals surface area contributed by atoms with Crippen molar-refractivity contribution in [2.45, 2.75) is 25.9 Å². The van der Waals surface area contributed by atoms with E-state index in [1.54, 1.807) is 0 Å². The quantitative estimate of drug-likeness (QED) is 0.896. The lowest BCUT2D eigenvalue weighted by molar-refractivity contribution is 0.139. The van der Waals surface area contributed by atoms with Gasteiger partial charge in [-0.1, -0.05) is 6.92 Å². The zero-order valence-electron chi connectivity index (χ0n) is 9.00. The van der Waals surface area contributed by atoms with Crippen LogP contribution in [0.5, 0.6) is 0 Å². The third-order valence-electron chi connectivity index (χ3n) is 2.77. The minimum Gasteiger partial charge on any atom is -0.314 e. The molecule has 0 atom stereocenters. The first-order valence-electron chi connectivity index (χ1n) is 5.48. The third-order valence-corrected chi connectivity index (χ3v) is 4.38. The van der Waals surface area contributed by atoms with E-state index in [0.29, 0.717) is 0 Å². The molecule has 0 aliphatic carbocycles. The predicted molar refractivity (Wildman–Crippen MR) is 69.4 cm³/mol. The summed E-state index contributed by atoms with van der Waals surface area (Å²) in [6.07, 6.45) is 1.24. The molecular formula is C11H17BrN2S. The standard InChI is InChI=1S/C11H17BrN2S/c1-2-5-14(9-6-13-7-9)8-10-3-4-11(12)15-10/h3-4,9,13H,2,5-8H2,1H3. The van der Waals surface area contributed by atoms with E-state index in [1.165, 1.54) is 21.6 Å². The van der Waals surface area contributed by atoms with Crippen LogP contribution in [0.4, 0.5) is 0 Å². The van der Waals surface area contributed by atoms with E-state index in [4.69, 9.17) is 0 Å². The molecule has 1 aromatic rings. The molecule has 1 fully saturated rings. The van der Waals surface area contributed by atoms with Crippen molar-refractivity contribution in [3.8, 4) is 0 Å². The first-order valence-corrected chi connectivity index (χ1v) is 7.09. The Hall–Kier alpha value is 0.1000. The number of halogens is 1. The second-order valence-corrected chi connectivity index (χ2v) is 6.54. The SMILES string of the molecule is CCCN(Cc1ccc(Br)s1)C1CNC1. The van der Waals surface area contributed by atoms with Crippen molar-refractivity contribution in [3.63, 3.8) is 0 Å². The molecule has 2 rings (SSSR count). The van der Waals surface area contributed by atoms with Crippen LogP contribution in [0.2, 0.25) is 0 Å². The van der Waals surface area contributed by atoms with Gasteiger partial charge in [-0.25, -0.2) is 0 Å². The van der Waals surface area contributed by atoms with Gasteiger partial charge in [-0.2, -0.15) is 0 Å². The molecule has 0 aromatic carbocycles. The van der Waals surface area contributed by atoms with Gasteiger partial charge in [-0.15, -0.1) is 11.3 Å². The fourth-order valence-corrected chi connectivity index (χ4v) is 3.36. The normalized spacial score (nSPS) is 17.0. The Morgan fingerprint density at radius 1 is 1.53 bits per heavy atom. The van der Waals surface area contributed by atoms with Gasteiger partial charge in [0.05, 0.1) is 3.79 Å². The summed E-state index contributed by atoms with van der Waals surface area (Å²) in [5.41, 5.74) is 0. The van der Waals surface area contributed by atoms with E-state index >= 15 is 0 Å². The average molecular weight is 289 g/mol. The lowest BCUT2D eigenvalue weighted by atomic mass is 10.1. The summed E-state index contributed by atoms with van der Waals surface area (Å²) in [6.45, 7) is 6.89. The van der Waals surface area contributed by atoms with Crippen LogP contribution in [-0.2, 0) is 6.54 Å². The lowest BCUT2D eigenvalue weighted by Crippen LogP contribution is -2.56. The highest BCUT2D eigenvalue weighted by molar-refractivity contribution is 9.11. The molecule has 1 N–H and O–H groups in total. The largest absolute Gasteiger partial charge is 0.314 e. The number of hydrogen-bond acceptors (Lipinski definition) is 3. The lowest BCUT2D eigenvalue weighted by Gasteiger charge is -2.37. The summed E-state index contributed by atoms with van der Waals surface area (Å²) in [5.74, 6) is 0. The Morgan fingerprint density at radius 3 is 2.80 bits per heavy atom. The van der Waals surface area contributed by atoms with E-state index in [0.717, 1.165) is 25.7 Å². The van der Waals surface area contributed by atoms with Crippen molar-refractivity contribution >= 4 is 27.3 Å². The maximum atomic E-state index is 3.52. The van der Waals surface area contributed by atoms with Crippen LogP contribution in [0, 0.1) is 0 Å². The zero-order valence-corrected chi connectivity index (χ0v) is 11.4. The second kappa shape index (κ2) is 5.43. The minimum atomic E-state index is 0.755. The number of hydrogen-bond donors (Lipinski definition) is 1. The molecule has 0 spiro atoms. The number of rotatable bonds is 5. The van der Waals surface area contributed by atoms with E-state index in [-0.39, 0.29) is 0 Å². The molecule has 2 heterocycles. The first kappa shape index (κ1) is 11.6. The third kappa shape index (κ3) is 3.03. The maximum absolute atomic E-state index is 3.52. The van der Waals surface area contributed by atoms with Gasteiger partial charge in [0.2, 0.25) is 0 Å². The summed E-state index contributed by atoms with van der Waals surface area (Å²) in [4.78, 5) is 4.05. The Balaban J connectivity index is 1.93. The highest BCUT2D eigenvalue weighted by Crippen LogP contribution is 2.24. The molecule has 0 unspecified atom stereocenters. The van der Waals surface area contributed by atoms with Crippen LogP contribution in [-0.4, -0.2) is 30.6 Å². The predicted octanol–water partition coefficient (Wildman–Crippen LogP) is 2.69. The van der Waals surface area contributed by atoms with Gasteiger partial charge in [0.15, 0.2) is 0 Å². The Labute approximate surface area is 104 Å². The molecule has 0 radical (unpaired) electrons. The molecule has 1 saturated heterocycles. The van der Waals surface area contributed by atoms with Crippen LogP contribution < -0.4 is 5.32 Å². The van der Waals surface area contributed by atoms with Crippen molar-refractivity contribution in [1.29, 1.82) is 0 Å². The van der Waals surface area contributed by atoms with Crippen LogP contribution >= 0.6 is 27.3 Å². The second-order valence-electron chi connectivity index (χ2n) is 3.99. The van der Waals surface area contributed by atoms with Crippen molar-refractivity contribution < 1.29 is 0 Å². The minimum absolute atomic E-state index is 0.755. The number of nitrogens with one attached hydrogen (secondary N) is 1. The molecule has 2 nitrogen and oxygen atoms in total. The smallest absolute Gasteiger partial charge is 0.0701 e. The van der Waals surface area contributed by atoms with Crippen LogP contribution in [0.1, 0.15) is 18.2 Å². The highest BCUT2D eigenvalue weighted by atomic mass is 79.9. The summed E-state index contributed by atoms with van der Waals surface area (Å²) in [6, 6.07) is 5.12. The molecule has 0 saturated carbocycles. The summed E-state index contributed by atoms with van der Waals surface area (Å²) in [7, 11) is 0. The van der Waals surface area contributed by atoms with Gasteiger partial charge in [0.1, 0.15) is 0 Å². The van der Waals surface area contributed by atoms with Gasteiger partial charge >= 0.3 is 0 Å². The van der Waals surface area contributed by atoms with E-state index in [2.05, 4.69) is 45.2 Å². The van der Waals surface area contributed by atoms with E-state index < -0.39 is 0 Å². The Bertz CT molecular complexity index is 309.